The van der Waals surface area contributed by atoms with Crippen LogP contribution < -0.4 is 10.2 Å². The number of hydrogen-bond donors (Lipinski definition) is 1. The van der Waals surface area contributed by atoms with Gasteiger partial charge in [-0.3, -0.25) is 0 Å². The van der Waals surface area contributed by atoms with Crippen molar-refractivity contribution in [3.63, 3.8) is 0 Å². The SMILES string of the molecule is Cc1noc(C)c1CN(C)C(=O)Nc1ccc(N2CCc3ccccc32)cc1. The monoisotopic (exact) mass is 376 g/mol. The number of carbonyl (C=O) groups excluding carboxylic acids is 1. The number of benzene rings is 2. The molecule has 1 aliphatic heterocycles. The molecule has 0 fully saturated rings. The predicted octanol–water partition coefficient (Wildman–Crippen LogP) is 4.65. The van der Waals surface area contributed by atoms with Crippen molar-refractivity contribution >= 4 is 23.1 Å². The number of urea groups is 1. The van der Waals surface area contributed by atoms with Crippen molar-refractivity contribution in [1.82, 2.24) is 10.1 Å². The van der Waals surface area contributed by atoms with Crippen LogP contribution in [0.5, 0.6) is 0 Å². The van der Waals surface area contributed by atoms with Gasteiger partial charge >= 0.3 is 6.03 Å². The Hall–Kier alpha value is -3.28. The number of fused-ring (bicyclic) bond motifs is 1. The van der Waals surface area contributed by atoms with Gasteiger partial charge in [-0.1, -0.05) is 23.4 Å². The number of amides is 2. The molecule has 28 heavy (non-hydrogen) atoms. The lowest BCUT2D eigenvalue weighted by Gasteiger charge is -2.21. The topological polar surface area (TPSA) is 61.6 Å². The van der Waals surface area contributed by atoms with Crippen molar-refractivity contribution in [1.29, 1.82) is 0 Å². The highest BCUT2D eigenvalue weighted by Gasteiger charge is 2.20. The zero-order valence-electron chi connectivity index (χ0n) is 16.4. The number of anilines is 3. The first-order valence-corrected chi connectivity index (χ1v) is 9.42. The minimum absolute atomic E-state index is 0.167. The fourth-order valence-corrected chi connectivity index (χ4v) is 3.59. The molecule has 0 unspecified atom stereocenters. The van der Waals surface area contributed by atoms with Gasteiger partial charge in [0, 0.05) is 36.2 Å². The van der Waals surface area contributed by atoms with Gasteiger partial charge in [0.2, 0.25) is 0 Å². The highest BCUT2D eigenvalue weighted by Crippen LogP contribution is 2.34. The number of carbonyl (C=O) groups is 1. The summed E-state index contributed by atoms with van der Waals surface area (Å²) >= 11 is 0. The van der Waals surface area contributed by atoms with Crippen LogP contribution in [0.1, 0.15) is 22.6 Å². The maximum Gasteiger partial charge on any atom is 0.321 e. The Morgan fingerprint density at radius 1 is 1.18 bits per heavy atom. The van der Waals surface area contributed by atoms with E-state index in [4.69, 9.17) is 4.52 Å². The second-order valence-corrected chi connectivity index (χ2v) is 7.17. The van der Waals surface area contributed by atoms with Crippen molar-refractivity contribution in [3.05, 3.63) is 71.1 Å². The molecule has 1 aliphatic rings. The Bertz CT molecular complexity index is 975. The molecule has 144 valence electrons. The van der Waals surface area contributed by atoms with Crippen LogP contribution in [0.3, 0.4) is 0 Å². The zero-order valence-corrected chi connectivity index (χ0v) is 16.4. The molecule has 0 saturated carbocycles. The molecule has 0 saturated heterocycles. The number of rotatable bonds is 4. The van der Waals surface area contributed by atoms with Crippen LogP contribution in [0.4, 0.5) is 21.9 Å². The molecule has 2 heterocycles. The van der Waals surface area contributed by atoms with Gasteiger partial charge in [0.25, 0.3) is 0 Å². The Morgan fingerprint density at radius 3 is 2.64 bits per heavy atom. The number of hydrogen-bond acceptors (Lipinski definition) is 4. The van der Waals surface area contributed by atoms with Crippen molar-refractivity contribution < 1.29 is 9.32 Å². The van der Waals surface area contributed by atoms with E-state index in [0.717, 1.165) is 41.4 Å². The number of aryl methyl sites for hydroxylation is 2. The van der Waals surface area contributed by atoms with Crippen LogP contribution in [0.2, 0.25) is 0 Å². The molecular formula is C22H24N4O2. The summed E-state index contributed by atoms with van der Waals surface area (Å²) in [6.07, 6.45) is 1.06. The van der Waals surface area contributed by atoms with Gasteiger partial charge in [0.15, 0.2) is 0 Å². The van der Waals surface area contributed by atoms with Crippen LogP contribution in [-0.4, -0.2) is 29.7 Å². The third kappa shape index (κ3) is 3.45. The third-order valence-corrected chi connectivity index (χ3v) is 5.24. The van der Waals surface area contributed by atoms with E-state index in [-0.39, 0.29) is 6.03 Å². The fraction of sp³-hybridized carbons (Fsp3) is 0.273. The maximum atomic E-state index is 12.5. The number of nitrogens with one attached hydrogen (secondary N) is 1. The van der Waals surface area contributed by atoms with E-state index in [0.29, 0.717) is 6.54 Å². The standard InChI is InChI=1S/C22H24N4O2/c1-15-20(16(2)28-24-15)14-25(3)22(27)23-18-8-10-19(11-9-18)26-13-12-17-6-4-5-7-21(17)26/h4-11H,12-14H2,1-3H3,(H,23,27). The van der Waals surface area contributed by atoms with E-state index in [2.05, 4.69) is 39.6 Å². The largest absolute Gasteiger partial charge is 0.361 e. The third-order valence-electron chi connectivity index (χ3n) is 5.24. The Morgan fingerprint density at radius 2 is 1.93 bits per heavy atom. The Balaban J connectivity index is 1.41. The summed E-state index contributed by atoms with van der Waals surface area (Å²) in [4.78, 5) is 16.5. The van der Waals surface area contributed by atoms with Crippen LogP contribution >= 0.6 is 0 Å². The summed E-state index contributed by atoms with van der Waals surface area (Å²) in [6, 6.07) is 16.3. The molecule has 0 aliphatic carbocycles. The molecule has 2 aromatic carbocycles. The number of aromatic nitrogens is 1. The summed E-state index contributed by atoms with van der Waals surface area (Å²) in [5.74, 6) is 0.743. The van der Waals surface area contributed by atoms with E-state index >= 15 is 0 Å². The van der Waals surface area contributed by atoms with Gasteiger partial charge in [-0.25, -0.2) is 4.79 Å². The highest BCUT2D eigenvalue weighted by atomic mass is 16.5. The summed E-state index contributed by atoms with van der Waals surface area (Å²) in [5.41, 5.74) is 6.30. The van der Waals surface area contributed by atoms with Gasteiger partial charge in [0.05, 0.1) is 12.2 Å². The molecule has 3 aromatic rings. The Kier molecular flexibility index (Phi) is 4.77. The van der Waals surface area contributed by atoms with Crippen LogP contribution in [0.25, 0.3) is 0 Å². The number of para-hydroxylation sites is 1. The molecule has 0 atom stereocenters. The highest BCUT2D eigenvalue weighted by molar-refractivity contribution is 5.89. The molecule has 6 nitrogen and oxygen atoms in total. The lowest BCUT2D eigenvalue weighted by Crippen LogP contribution is -2.31. The van der Waals surface area contributed by atoms with Crippen molar-refractivity contribution in [2.24, 2.45) is 0 Å². The molecule has 4 rings (SSSR count). The molecule has 1 aromatic heterocycles. The summed E-state index contributed by atoms with van der Waals surface area (Å²) < 4.78 is 5.17. The van der Waals surface area contributed by atoms with Gasteiger partial charge in [-0.05, 0) is 56.2 Å². The molecule has 0 spiro atoms. The summed E-state index contributed by atoms with van der Waals surface area (Å²) in [6.45, 7) is 5.17. The van der Waals surface area contributed by atoms with Crippen molar-refractivity contribution in [3.8, 4) is 0 Å². The average Bonchev–Trinajstić information content (AvgIpc) is 3.27. The quantitative estimate of drug-likeness (QED) is 0.720. The Labute approximate surface area is 164 Å². The van der Waals surface area contributed by atoms with Crippen LogP contribution in [0, 0.1) is 13.8 Å². The van der Waals surface area contributed by atoms with Gasteiger partial charge in [-0.2, -0.15) is 0 Å². The van der Waals surface area contributed by atoms with Crippen molar-refractivity contribution in [2.45, 2.75) is 26.8 Å². The lowest BCUT2D eigenvalue weighted by molar-refractivity contribution is 0.220. The maximum absolute atomic E-state index is 12.5. The summed E-state index contributed by atoms with van der Waals surface area (Å²) in [5, 5.41) is 6.89. The minimum Gasteiger partial charge on any atom is -0.361 e. The first-order chi connectivity index (χ1) is 13.5. The van der Waals surface area contributed by atoms with E-state index < -0.39 is 0 Å². The van der Waals surface area contributed by atoms with E-state index in [1.54, 1.807) is 11.9 Å². The van der Waals surface area contributed by atoms with Gasteiger partial charge in [-0.15, -0.1) is 0 Å². The second kappa shape index (κ2) is 7.38. The molecule has 1 N–H and O–H groups in total. The van der Waals surface area contributed by atoms with Crippen molar-refractivity contribution in [2.75, 3.05) is 23.8 Å². The van der Waals surface area contributed by atoms with Crippen LogP contribution in [-0.2, 0) is 13.0 Å². The van der Waals surface area contributed by atoms with Crippen LogP contribution in [0.15, 0.2) is 53.1 Å². The van der Waals surface area contributed by atoms with E-state index in [1.165, 1.54) is 11.3 Å². The predicted molar refractivity (Wildman–Crippen MR) is 110 cm³/mol. The lowest BCUT2D eigenvalue weighted by atomic mass is 10.2. The zero-order chi connectivity index (χ0) is 19.7. The molecule has 6 heteroatoms. The molecule has 2 amide bonds. The normalized spacial score (nSPS) is 12.8. The van der Waals surface area contributed by atoms with E-state index in [9.17, 15) is 4.79 Å². The summed E-state index contributed by atoms with van der Waals surface area (Å²) in [7, 11) is 1.76. The number of nitrogens with zero attached hydrogens (tertiary/aromatic N) is 3. The first kappa shape index (κ1) is 18.1. The first-order valence-electron chi connectivity index (χ1n) is 9.42. The fourth-order valence-electron chi connectivity index (χ4n) is 3.59. The molecule has 0 radical (unpaired) electrons. The van der Waals surface area contributed by atoms with Gasteiger partial charge < -0.3 is 19.6 Å². The van der Waals surface area contributed by atoms with Gasteiger partial charge in [0.1, 0.15) is 5.76 Å². The smallest absolute Gasteiger partial charge is 0.321 e. The average molecular weight is 376 g/mol. The van der Waals surface area contributed by atoms with E-state index in [1.807, 2.05) is 38.1 Å². The minimum atomic E-state index is -0.167. The molecule has 0 bridgehead atoms. The molecular weight excluding hydrogens is 352 g/mol. The second-order valence-electron chi connectivity index (χ2n) is 7.17.